The zero-order valence-corrected chi connectivity index (χ0v) is 17.1. The number of nitrogens with zero attached hydrogens (tertiary/aromatic N) is 3. The van der Waals surface area contributed by atoms with Crippen LogP contribution in [0, 0.1) is 18.6 Å². The molecule has 0 atom stereocenters. The van der Waals surface area contributed by atoms with Crippen LogP contribution in [0.4, 0.5) is 5.69 Å². The Labute approximate surface area is 167 Å². The number of carbonyl (C=O) groups is 3. The maximum Gasteiger partial charge on any atom is 0.356 e. The molecule has 0 radical (unpaired) electrons. The van der Waals surface area contributed by atoms with E-state index in [0.717, 1.165) is 6.08 Å². The maximum absolute atomic E-state index is 12.5. The molecule has 148 valence electrons. The van der Waals surface area contributed by atoms with Crippen LogP contribution in [-0.4, -0.2) is 41.3 Å². The van der Waals surface area contributed by atoms with Gasteiger partial charge in [-0.05, 0) is 38.2 Å². The van der Waals surface area contributed by atoms with E-state index in [0.29, 0.717) is 17.1 Å². The number of methoxy groups -OCH3 is 2. The van der Waals surface area contributed by atoms with E-state index in [1.165, 1.54) is 35.4 Å². The lowest BCUT2D eigenvalue weighted by Gasteiger charge is -2.27. The van der Waals surface area contributed by atoms with Crippen molar-refractivity contribution in [2.75, 3.05) is 19.2 Å². The zero-order chi connectivity index (χ0) is 21.0. The molecule has 0 aliphatic carbocycles. The molecule has 2 aromatic rings. The lowest BCUT2D eigenvalue weighted by atomic mass is 10.2. The topological polar surface area (TPSA) is 82.8 Å². The Kier molecular flexibility index (Phi) is 6.53. The minimum Gasteiger partial charge on any atom is -0.466 e. The summed E-state index contributed by atoms with van der Waals surface area (Å²) in [5.41, 5.74) is 1.63. The smallest absolute Gasteiger partial charge is 0.356 e. The number of esters is 2. The lowest BCUT2D eigenvalue weighted by Crippen LogP contribution is -2.35. The fraction of sp³-hybridized carbons (Fsp3) is 0.263. The Hall–Kier alpha value is -3.20. The van der Waals surface area contributed by atoms with Crippen LogP contribution in [-0.2, 0) is 19.1 Å². The van der Waals surface area contributed by atoms with Gasteiger partial charge in [-0.15, -0.1) is 0 Å². The Morgan fingerprint density at radius 2 is 1.64 bits per heavy atom. The van der Waals surface area contributed by atoms with Crippen molar-refractivity contribution in [3.8, 4) is 0 Å². The molecule has 1 aromatic carbocycles. The first-order valence-electron chi connectivity index (χ1n) is 8.29. The number of hydrogen-bond acceptors (Lipinski definition) is 7. The van der Waals surface area contributed by atoms with Gasteiger partial charge in [0.2, 0.25) is 10.7 Å². The third-order valence-corrected chi connectivity index (χ3v) is 4.50. The monoisotopic (exact) mass is 403 g/mol. The fourth-order valence-corrected chi connectivity index (χ4v) is 3.20. The molecule has 0 aliphatic rings. The Morgan fingerprint density at radius 1 is 1.04 bits per heavy atom. The van der Waals surface area contributed by atoms with Gasteiger partial charge in [0.25, 0.3) is 0 Å². The van der Waals surface area contributed by atoms with Crippen LogP contribution in [0.25, 0.3) is 0 Å². The quantitative estimate of drug-likeness (QED) is 0.431. The van der Waals surface area contributed by atoms with Crippen LogP contribution in [0.3, 0.4) is 0 Å². The van der Waals surface area contributed by atoms with E-state index in [1.807, 2.05) is 6.07 Å². The number of aromatic nitrogens is 2. The predicted molar refractivity (Wildman–Crippen MR) is 105 cm³/mol. The fourth-order valence-electron chi connectivity index (χ4n) is 2.72. The maximum atomic E-state index is 12.5. The second-order valence-electron chi connectivity index (χ2n) is 5.81. The number of anilines is 1. The highest BCUT2D eigenvalue weighted by atomic mass is 32.1. The van der Waals surface area contributed by atoms with Crippen LogP contribution in [0.1, 0.15) is 23.1 Å². The van der Waals surface area contributed by atoms with E-state index in [-0.39, 0.29) is 16.4 Å². The Bertz CT molecular complexity index is 1000. The van der Waals surface area contributed by atoms with Crippen LogP contribution >= 0.6 is 12.2 Å². The normalized spacial score (nSPS) is 11.1. The molecule has 0 spiro atoms. The molecule has 8 nitrogen and oxygen atoms in total. The van der Waals surface area contributed by atoms with Crippen molar-refractivity contribution in [3.05, 3.63) is 58.3 Å². The minimum atomic E-state index is -0.774. The highest BCUT2D eigenvalue weighted by molar-refractivity contribution is 7.71. The number of benzene rings is 1. The van der Waals surface area contributed by atoms with Crippen LogP contribution < -0.4 is 5.01 Å². The first kappa shape index (κ1) is 21.1. The summed E-state index contributed by atoms with van der Waals surface area (Å²) in [4.78, 5) is 36.6. The molecule has 0 bridgehead atoms. The molecular weight excluding hydrogens is 382 g/mol. The summed E-state index contributed by atoms with van der Waals surface area (Å²) in [5.74, 6) is -1.79. The second-order valence-corrected chi connectivity index (χ2v) is 6.18. The van der Waals surface area contributed by atoms with Crippen LogP contribution in [0.15, 0.2) is 42.1 Å². The summed E-state index contributed by atoms with van der Waals surface area (Å²) < 4.78 is 12.6. The molecule has 28 heavy (non-hydrogen) atoms. The molecule has 0 aliphatic heterocycles. The largest absolute Gasteiger partial charge is 0.466 e. The van der Waals surface area contributed by atoms with Crippen molar-refractivity contribution in [1.82, 2.24) is 9.24 Å². The van der Waals surface area contributed by atoms with Crippen molar-refractivity contribution in [2.24, 2.45) is 0 Å². The lowest BCUT2D eigenvalue weighted by molar-refractivity contribution is -0.138. The third kappa shape index (κ3) is 3.89. The van der Waals surface area contributed by atoms with Gasteiger partial charge in [0.05, 0.1) is 31.7 Å². The van der Waals surface area contributed by atoms with Gasteiger partial charge in [-0.1, -0.05) is 18.2 Å². The van der Waals surface area contributed by atoms with Crippen LogP contribution in [0.5, 0.6) is 0 Å². The van der Waals surface area contributed by atoms with Crippen LogP contribution in [0.2, 0.25) is 0 Å². The van der Waals surface area contributed by atoms with Gasteiger partial charge >= 0.3 is 11.9 Å². The predicted octanol–water partition coefficient (Wildman–Crippen LogP) is 2.80. The molecule has 0 unspecified atom stereocenters. The number of ether oxygens (including phenoxy) is 2. The van der Waals surface area contributed by atoms with Gasteiger partial charge < -0.3 is 9.47 Å². The zero-order valence-electron chi connectivity index (χ0n) is 16.3. The van der Waals surface area contributed by atoms with Crippen molar-refractivity contribution in [1.29, 1.82) is 0 Å². The standard InChI is InChI=1S/C19H21N3O5S/c1-12-13(2)21(19(28)20(12)14(3)23)22(15-9-7-6-8-10-15)16(18(25)27-5)11-17(24)26-4/h6-11H,1-5H3/b16-11-. The second kappa shape index (κ2) is 8.66. The summed E-state index contributed by atoms with van der Waals surface area (Å²) in [5, 5.41) is 1.42. The number of carbonyl (C=O) groups excluding carboxylic acids is 3. The molecule has 1 heterocycles. The van der Waals surface area contributed by atoms with Gasteiger partial charge in [0, 0.05) is 12.6 Å². The van der Waals surface area contributed by atoms with E-state index in [2.05, 4.69) is 4.74 Å². The first-order valence-corrected chi connectivity index (χ1v) is 8.70. The van der Waals surface area contributed by atoms with Crippen molar-refractivity contribution in [2.45, 2.75) is 20.8 Å². The average molecular weight is 403 g/mol. The molecule has 0 saturated heterocycles. The van der Waals surface area contributed by atoms with E-state index < -0.39 is 11.9 Å². The van der Waals surface area contributed by atoms with Crippen molar-refractivity contribution < 1.29 is 23.9 Å². The summed E-state index contributed by atoms with van der Waals surface area (Å²) in [7, 11) is 2.41. The van der Waals surface area contributed by atoms with E-state index >= 15 is 0 Å². The highest BCUT2D eigenvalue weighted by Gasteiger charge is 2.27. The first-order chi connectivity index (χ1) is 13.2. The van der Waals surface area contributed by atoms with Crippen molar-refractivity contribution >= 4 is 35.8 Å². The molecular formula is C19H21N3O5S. The van der Waals surface area contributed by atoms with E-state index in [4.69, 9.17) is 17.0 Å². The van der Waals surface area contributed by atoms with Gasteiger partial charge in [-0.25, -0.2) is 19.3 Å². The summed E-state index contributed by atoms with van der Waals surface area (Å²) in [6.07, 6.45) is 1.01. The van der Waals surface area contributed by atoms with Crippen molar-refractivity contribution in [3.63, 3.8) is 0 Å². The van der Waals surface area contributed by atoms with E-state index in [1.54, 1.807) is 38.1 Å². The summed E-state index contributed by atoms with van der Waals surface area (Å²) >= 11 is 5.50. The average Bonchev–Trinajstić information content (AvgIpc) is 2.90. The number of imidazole rings is 1. The Balaban J connectivity index is 2.90. The van der Waals surface area contributed by atoms with E-state index in [9.17, 15) is 14.4 Å². The van der Waals surface area contributed by atoms with Gasteiger partial charge in [0.15, 0.2) is 5.70 Å². The number of hydrogen-bond donors (Lipinski definition) is 0. The molecule has 0 saturated carbocycles. The third-order valence-electron chi connectivity index (χ3n) is 4.14. The molecule has 0 N–H and O–H groups in total. The van der Waals surface area contributed by atoms with Gasteiger partial charge in [0.1, 0.15) is 0 Å². The highest BCUT2D eigenvalue weighted by Crippen LogP contribution is 2.25. The summed E-state index contributed by atoms with van der Waals surface area (Å²) in [6, 6.07) is 8.80. The van der Waals surface area contributed by atoms with Gasteiger partial charge in [-0.3, -0.25) is 9.36 Å². The molecule has 2 rings (SSSR count). The Morgan fingerprint density at radius 3 is 2.11 bits per heavy atom. The SMILES string of the molecule is COC(=O)/C=C(/C(=O)OC)N(c1ccccc1)n1c(C)c(C)n(C(C)=O)c1=S. The minimum absolute atomic E-state index is 0.125. The molecule has 0 amide bonds. The number of rotatable bonds is 5. The summed E-state index contributed by atoms with van der Waals surface area (Å²) in [6.45, 7) is 4.90. The molecule has 9 heteroatoms. The molecule has 1 aromatic heterocycles. The number of para-hydroxylation sites is 1. The molecule has 0 fully saturated rings. The van der Waals surface area contributed by atoms with Gasteiger partial charge in [-0.2, -0.15) is 0 Å².